The highest BCUT2D eigenvalue weighted by Gasteiger charge is 2.21. The third-order valence-corrected chi connectivity index (χ3v) is 2.88. The van der Waals surface area contributed by atoms with Gasteiger partial charge in [0.05, 0.1) is 6.54 Å². The van der Waals surface area contributed by atoms with Gasteiger partial charge in [0.15, 0.2) is 0 Å². The van der Waals surface area contributed by atoms with Crippen LogP contribution in [0.5, 0.6) is 0 Å². The van der Waals surface area contributed by atoms with E-state index in [2.05, 4.69) is 4.90 Å². The number of hydrogen-bond donors (Lipinski definition) is 1. The van der Waals surface area contributed by atoms with Gasteiger partial charge in [0.1, 0.15) is 0 Å². The van der Waals surface area contributed by atoms with E-state index in [9.17, 15) is 4.79 Å². The summed E-state index contributed by atoms with van der Waals surface area (Å²) in [5, 5.41) is 0. The highest BCUT2D eigenvalue weighted by molar-refractivity contribution is 5.77. The number of anilines is 1. The number of benzene rings is 1. The van der Waals surface area contributed by atoms with Gasteiger partial charge >= 0.3 is 0 Å². The van der Waals surface area contributed by atoms with Gasteiger partial charge in [-0.3, -0.25) is 9.69 Å². The lowest BCUT2D eigenvalue weighted by atomic mass is 10.1. The van der Waals surface area contributed by atoms with Crippen LogP contribution in [0.1, 0.15) is 11.1 Å². The Bertz CT molecular complexity index is 415. The predicted molar refractivity (Wildman–Crippen MR) is 63.7 cm³/mol. The summed E-state index contributed by atoms with van der Waals surface area (Å²) in [5.41, 5.74) is 9.04. The van der Waals surface area contributed by atoms with Gasteiger partial charge in [0, 0.05) is 32.9 Å². The number of nitrogens with two attached hydrogens (primary N) is 1. The zero-order valence-corrected chi connectivity index (χ0v) is 9.73. The summed E-state index contributed by atoms with van der Waals surface area (Å²) >= 11 is 0. The summed E-state index contributed by atoms with van der Waals surface area (Å²) in [7, 11) is 3.56. The van der Waals surface area contributed by atoms with Crippen molar-refractivity contribution in [3.63, 3.8) is 0 Å². The Morgan fingerprint density at radius 1 is 1.38 bits per heavy atom. The SMILES string of the molecule is CN(C)C(=O)CN1Cc2ccc(N)cc2C1. The van der Waals surface area contributed by atoms with E-state index in [1.807, 2.05) is 18.2 Å². The molecule has 0 saturated carbocycles. The van der Waals surface area contributed by atoms with Gasteiger partial charge in [0.2, 0.25) is 5.91 Å². The maximum Gasteiger partial charge on any atom is 0.236 e. The minimum Gasteiger partial charge on any atom is -0.399 e. The van der Waals surface area contributed by atoms with E-state index in [1.165, 1.54) is 11.1 Å². The third kappa shape index (κ3) is 2.17. The molecule has 1 amide bonds. The van der Waals surface area contributed by atoms with E-state index in [1.54, 1.807) is 19.0 Å². The molecule has 0 spiro atoms. The van der Waals surface area contributed by atoms with Crippen molar-refractivity contribution in [3.05, 3.63) is 29.3 Å². The lowest BCUT2D eigenvalue weighted by Gasteiger charge is -2.17. The van der Waals surface area contributed by atoms with E-state index >= 15 is 0 Å². The molecular formula is C12H17N3O. The molecule has 1 aromatic carbocycles. The van der Waals surface area contributed by atoms with Gasteiger partial charge in [-0.15, -0.1) is 0 Å². The van der Waals surface area contributed by atoms with Crippen LogP contribution in [-0.4, -0.2) is 36.3 Å². The minimum absolute atomic E-state index is 0.140. The summed E-state index contributed by atoms with van der Waals surface area (Å²) < 4.78 is 0. The summed E-state index contributed by atoms with van der Waals surface area (Å²) in [6.07, 6.45) is 0. The molecule has 1 aliphatic heterocycles. The number of carbonyl (C=O) groups excluding carboxylic acids is 1. The molecule has 86 valence electrons. The monoisotopic (exact) mass is 219 g/mol. The molecule has 0 fully saturated rings. The molecule has 0 atom stereocenters. The van der Waals surface area contributed by atoms with Crippen LogP contribution in [-0.2, 0) is 17.9 Å². The standard InChI is InChI=1S/C12H17N3O/c1-14(2)12(16)8-15-6-9-3-4-11(13)5-10(9)7-15/h3-5H,6-8,13H2,1-2H3. The zero-order chi connectivity index (χ0) is 11.7. The van der Waals surface area contributed by atoms with Gasteiger partial charge in [-0.05, 0) is 23.3 Å². The Morgan fingerprint density at radius 3 is 2.75 bits per heavy atom. The van der Waals surface area contributed by atoms with Crippen LogP contribution < -0.4 is 5.73 Å². The van der Waals surface area contributed by atoms with Crippen molar-refractivity contribution in [2.75, 3.05) is 26.4 Å². The molecular weight excluding hydrogens is 202 g/mol. The molecule has 2 rings (SSSR count). The molecule has 0 radical (unpaired) electrons. The van der Waals surface area contributed by atoms with Crippen molar-refractivity contribution < 1.29 is 4.79 Å². The number of fused-ring (bicyclic) bond motifs is 1. The fraction of sp³-hybridized carbons (Fsp3) is 0.417. The smallest absolute Gasteiger partial charge is 0.236 e. The molecule has 0 aliphatic carbocycles. The summed E-state index contributed by atoms with van der Waals surface area (Å²) in [6.45, 7) is 2.14. The van der Waals surface area contributed by atoms with Crippen molar-refractivity contribution in [1.29, 1.82) is 0 Å². The first-order chi connectivity index (χ1) is 7.56. The fourth-order valence-electron chi connectivity index (χ4n) is 1.93. The van der Waals surface area contributed by atoms with Crippen LogP contribution in [0.4, 0.5) is 5.69 Å². The van der Waals surface area contributed by atoms with E-state index in [0.29, 0.717) is 6.54 Å². The van der Waals surface area contributed by atoms with Gasteiger partial charge in [-0.2, -0.15) is 0 Å². The molecule has 1 heterocycles. The Labute approximate surface area is 95.6 Å². The first kappa shape index (κ1) is 11.0. The van der Waals surface area contributed by atoms with Crippen LogP contribution in [0.25, 0.3) is 0 Å². The van der Waals surface area contributed by atoms with Crippen LogP contribution in [0.15, 0.2) is 18.2 Å². The van der Waals surface area contributed by atoms with Crippen LogP contribution in [0.3, 0.4) is 0 Å². The van der Waals surface area contributed by atoms with Gasteiger partial charge in [-0.25, -0.2) is 0 Å². The van der Waals surface area contributed by atoms with Gasteiger partial charge < -0.3 is 10.6 Å². The Hall–Kier alpha value is -1.55. The van der Waals surface area contributed by atoms with Crippen molar-refractivity contribution in [3.8, 4) is 0 Å². The number of carbonyl (C=O) groups is 1. The van der Waals surface area contributed by atoms with Gasteiger partial charge in [-0.1, -0.05) is 6.07 Å². The molecule has 2 N–H and O–H groups in total. The van der Waals surface area contributed by atoms with Crippen LogP contribution in [0, 0.1) is 0 Å². The lowest BCUT2D eigenvalue weighted by molar-refractivity contribution is -0.130. The third-order valence-electron chi connectivity index (χ3n) is 2.88. The molecule has 4 nitrogen and oxygen atoms in total. The second-order valence-corrected chi connectivity index (χ2v) is 4.46. The van der Waals surface area contributed by atoms with Crippen molar-refractivity contribution in [1.82, 2.24) is 9.80 Å². The maximum absolute atomic E-state index is 11.6. The molecule has 0 aromatic heterocycles. The molecule has 16 heavy (non-hydrogen) atoms. The second kappa shape index (κ2) is 4.14. The summed E-state index contributed by atoms with van der Waals surface area (Å²) in [4.78, 5) is 15.3. The maximum atomic E-state index is 11.6. The molecule has 0 saturated heterocycles. The predicted octanol–water partition coefficient (Wildman–Crippen LogP) is 0.673. The number of amides is 1. The Morgan fingerprint density at radius 2 is 2.06 bits per heavy atom. The largest absolute Gasteiger partial charge is 0.399 e. The van der Waals surface area contributed by atoms with Crippen LogP contribution in [0.2, 0.25) is 0 Å². The normalized spacial score (nSPS) is 14.9. The van der Waals surface area contributed by atoms with Crippen molar-refractivity contribution >= 4 is 11.6 Å². The average Bonchev–Trinajstić information content (AvgIpc) is 2.58. The number of rotatable bonds is 2. The first-order valence-electron chi connectivity index (χ1n) is 5.36. The van der Waals surface area contributed by atoms with Crippen LogP contribution >= 0.6 is 0 Å². The highest BCUT2D eigenvalue weighted by atomic mass is 16.2. The first-order valence-corrected chi connectivity index (χ1v) is 5.36. The average molecular weight is 219 g/mol. The Kier molecular flexibility index (Phi) is 2.83. The number of nitrogens with zero attached hydrogens (tertiary/aromatic N) is 2. The number of hydrogen-bond acceptors (Lipinski definition) is 3. The highest BCUT2D eigenvalue weighted by Crippen LogP contribution is 2.24. The molecule has 0 unspecified atom stereocenters. The molecule has 1 aliphatic rings. The lowest BCUT2D eigenvalue weighted by Crippen LogP contribution is -2.33. The number of nitrogen functional groups attached to an aromatic ring is 1. The minimum atomic E-state index is 0.140. The van der Waals surface area contributed by atoms with Crippen molar-refractivity contribution in [2.45, 2.75) is 13.1 Å². The van der Waals surface area contributed by atoms with E-state index in [-0.39, 0.29) is 5.91 Å². The molecule has 1 aromatic rings. The zero-order valence-electron chi connectivity index (χ0n) is 9.73. The second-order valence-electron chi connectivity index (χ2n) is 4.46. The summed E-state index contributed by atoms with van der Waals surface area (Å²) in [5.74, 6) is 0.140. The number of likely N-dealkylation sites (N-methyl/N-ethyl adjacent to an activating group) is 1. The van der Waals surface area contributed by atoms with E-state index < -0.39 is 0 Å². The Balaban J connectivity index is 2.03. The molecule has 0 bridgehead atoms. The fourth-order valence-corrected chi connectivity index (χ4v) is 1.93. The quantitative estimate of drug-likeness (QED) is 0.744. The van der Waals surface area contributed by atoms with Gasteiger partial charge in [0.25, 0.3) is 0 Å². The topological polar surface area (TPSA) is 49.6 Å². The van der Waals surface area contributed by atoms with E-state index in [4.69, 9.17) is 5.73 Å². The van der Waals surface area contributed by atoms with E-state index in [0.717, 1.165) is 18.8 Å². The summed E-state index contributed by atoms with van der Waals surface area (Å²) in [6, 6.07) is 5.95. The molecule has 4 heteroatoms. The van der Waals surface area contributed by atoms with Crippen molar-refractivity contribution in [2.24, 2.45) is 0 Å².